The van der Waals surface area contributed by atoms with Gasteiger partial charge in [-0.1, -0.05) is 23.7 Å². The van der Waals surface area contributed by atoms with Gasteiger partial charge >= 0.3 is 5.97 Å². The molecule has 0 N–H and O–H groups in total. The van der Waals surface area contributed by atoms with E-state index in [1.807, 2.05) is 0 Å². The Kier molecular flexibility index (Phi) is 4.52. The van der Waals surface area contributed by atoms with E-state index in [1.165, 1.54) is 19.1 Å². The van der Waals surface area contributed by atoms with Gasteiger partial charge < -0.3 is 4.74 Å². The average molecular weight is 259 g/mol. The highest BCUT2D eigenvalue weighted by Crippen LogP contribution is 2.26. The highest BCUT2D eigenvalue weighted by atomic mass is 35.5. The molecule has 3 nitrogen and oxygen atoms in total. The Morgan fingerprint density at radius 3 is 2.56 bits per heavy atom. The van der Waals surface area contributed by atoms with Crippen LogP contribution >= 0.6 is 23.2 Å². The van der Waals surface area contributed by atoms with Crippen molar-refractivity contribution in [1.29, 1.82) is 0 Å². The van der Waals surface area contributed by atoms with Crippen LogP contribution in [0.25, 0.3) is 6.08 Å². The quantitative estimate of drug-likeness (QED) is 0.362. The van der Waals surface area contributed by atoms with E-state index in [4.69, 9.17) is 27.9 Å². The summed E-state index contributed by atoms with van der Waals surface area (Å²) in [6.45, 7) is 1.29. The maximum absolute atomic E-state index is 10.7. The van der Waals surface area contributed by atoms with Gasteiger partial charge in [-0.25, -0.2) is 0 Å². The normalized spacial score (nSPS) is 10.4. The molecule has 16 heavy (non-hydrogen) atoms. The minimum atomic E-state index is -0.569. The number of hydrogen-bond donors (Lipinski definition) is 0. The molecule has 0 radical (unpaired) electrons. The molecule has 0 atom stereocenters. The lowest BCUT2D eigenvalue weighted by atomic mass is 10.2. The molecule has 0 aliphatic heterocycles. The van der Waals surface area contributed by atoms with Crippen molar-refractivity contribution in [3.05, 3.63) is 34.9 Å². The number of carbonyl (C=O) groups is 2. The fourth-order valence-corrected chi connectivity index (χ4v) is 1.31. The van der Waals surface area contributed by atoms with E-state index in [0.29, 0.717) is 10.6 Å². The number of ether oxygens (including phenoxy) is 1. The summed E-state index contributed by atoms with van der Waals surface area (Å²) in [6.07, 6.45) is 2.72. The van der Waals surface area contributed by atoms with E-state index < -0.39 is 11.2 Å². The maximum atomic E-state index is 10.7. The van der Waals surface area contributed by atoms with Crippen LogP contribution in [-0.2, 0) is 9.59 Å². The molecule has 1 aromatic rings. The van der Waals surface area contributed by atoms with Crippen molar-refractivity contribution in [3.63, 3.8) is 0 Å². The molecule has 1 aromatic carbocycles. The highest BCUT2D eigenvalue weighted by molar-refractivity contribution is 6.66. The third-order valence-electron chi connectivity index (χ3n) is 1.62. The molecule has 0 aliphatic carbocycles. The summed E-state index contributed by atoms with van der Waals surface area (Å²) in [4.78, 5) is 21.2. The van der Waals surface area contributed by atoms with Crippen LogP contribution < -0.4 is 4.74 Å². The lowest BCUT2D eigenvalue weighted by Gasteiger charge is -2.04. The lowest BCUT2D eigenvalue weighted by Crippen LogP contribution is -2.01. The Labute approximate surface area is 103 Å². The number of carbonyl (C=O) groups excluding carboxylic acids is 2. The summed E-state index contributed by atoms with van der Waals surface area (Å²) in [5, 5.41) is -0.278. The Morgan fingerprint density at radius 1 is 1.38 bits per heavy atom. The topological polar surface area (TPSA) is 43.4 Å². The minimum Gasteiger partial charge on any atom is -0.425 e. The van der Waals surface area contributed by atoms with E-state index in [0.717, 1.165) is 0 Å². The SMILES string of the molecule is CC(=O)Oc1ccc(/C=C/C(=O)Cl)cc1Cl. The smallest absolute Gasteiger partial charge is 0.308 e. The third-order valence-corrected chi connectivity index (χ3v) is 2.04. The second-order valence-corrected chi connectivity index (χ2v) is 3.70. The molecule has 84 valence electrons. The van der Waals surface area contributed by atoms with Crippen LogP contribution in [0.1, 0.15) is 12.5 Å². The molecule has 0 unspecified atom stereocenters. The lowest BCUT2D eigenvalue weighted by molar-refractivity contribution is -0.131. The summed E-state index contributed by atoms with van der Waals surface area (Å²) in [7, 11) is 0. The molecular formula is C11H8Cl2O3. The van der Waals surface area contributed by atoms with Crippen LogP contribution in [-0.4, -0.2) is 11.2 Å². The second kappa shape index (κ2) is 5.68. The minimum absolute atomic E-state index is 0.281. The van der Waals surface area contributed by atoms with E-state index in [1.54, 1.807) is 18.2 Å². The van der Waals surface area contributed by atoms with Crippen molar-refractivity contribution in [3.8, 4) is 5.75 Å². The number of rotatable bonds is 3. The van der Waals surface area contributed by atoms with Crippen LogP contribution in [0.15, 0.2) is 24.3 Å². The summed E-state index contributed by atoms with van der Waals surface area (Å²) >= 11 is 11.0. The largest absolute Gasteiger partial charge is 0.425 e. The van der Waals surface area contributed by atoms with Gasteiger partial charge in [0.2, 0.25) is 5.24 Å². The van der Waals surface area contributed by atoms with Gasteiger partial charge in [-0.15, -0.1) is 0 Å². The fourth-order valence-electron chi connectivity index (χ4n) is 1.02. The van der Waals surface area contributed by atoms with Gasteiger partial charge in [-0.2, -0.15) is 0 Å². The first-order valence-corrected chi connectivity index (χ1v) is 5.10. The first-order chi connectivity index (χ1) is 7.49. The van der Waals surface area contributed by atoms with Gasteiger partial charge in [0.25, 0.3) is 0 Å². The Balaban J connectivity index is 2.90. The summed E-state index contributed by atoms with van der Waals surface area (Å²) in [6, 6.07) is 4.76. The molecule has 0 saturated heterocycles. The predicted molar refractivity (Wildman–Crippen MR) is 62.7 cm³/mol. The first-order valence-electron chi connectivity index (χ1n) is 4.34. The number of esters is 1. The van der Waals surface area contributed by atoms with Gasteiger partial charge in [0, 0.05) is 6.92 Å². The Morgan fingerprint density at radius 2 is 2.06 bits per heavy atom. The van der Waals surface area contributed by atoms with E-state index in [2.05, 4.69) is 0 Å². The zero-order valence-electron chi connectivity index (χ0n) is 8.37. The van der Waals surface area contributed by atoms with Gasteiger partial charge in [0.05, 0.1) is 5.02 Å². The first kappa shape index (κ1) is 12.7. The second-order valence-electron chi connectivity index (χ2n) is 2.92. The van der Waals surface area contributed by atoms with Crippen molar-refractivity contribution in [2.24, 2.45) is 0 Å². The molecule has 0 fully saturated rings. The molecule has 0 spiro atoms. The van der Waals surface area contributed by atoms with Crippen LogP contribution in [0.4, 0.5) is 0 Å². The van der Waals surface area contributed by atoms with Gasteiger partial charge in [0.15, 0.2) is 0 Å². The number of allylic oxidation sites excluding steroid dienone is 1. The van der Waals surface area contributed by atoms with Crippen molar-refractivity contribution >= 4 is 40.5 Å². The molecule has 0 bridgehead atoms. The molecule has 0 amide bonds. The van der Waals surface area contributed by atoms with Crippen LogP contribution in [0.2, 0.25) is 5.02 Å². The van der Waals surface area contributed by atoms with Gasteiger partial charge in [-0.05, 0) is 35.4 Å². The molecule has 0 saturated carbocycles. The molecule has 0 aliphatic rings. The molecule has 5 heteroatoms. The highest BCUT2D eigenvalue weighted by Gasteiger charge is 2.04. The summed E-state index contributed by atoms with van der Waals surface area (Å²) in [5.41, 5.74) is 0.690. The zero-order valence-corrected chi connectivity index (χ0v) is 9.88. The van der Waals surface area contributed by atoms with E-state index in [-0.39, 0.29) is 5.75 Å². The molecule has 1 rings (SSSR count). The standard InChI is InChI=1S/C11H8Cl2O3/c1-7(14)16-10-4-2-8(6-9(10)12)3-5-11(13)15/h2-6H,1H3/b5-3+. The van der Waals surface area contributed by atoms with Crippen molar-refractivity contribution in [1.82, 2.24) is 0 Å². The Hall–Kier alpha value is -1.32. The Bertz CT molecular complexity index is 453. The average Bonchev–Trinajstić information content (AvgIpc) is 2.18. The van der Waals surface area contributed by atoms with Crippen molar-refractivity contribution in [2.75, 3.05) is 0 Å². The molecule has 0 heterocycles. The van der Waals surface area contributed by atoms with Crippen molar-refractivity contribution in [2.45, 2.75) is 6.92 Å². The number of hydrogen-bond acceptors (Lipinski definition) is 3. The monoisotopic (exact) mass is 258 g/mol. The third kappa shape index (κ3) is 4.04. The van der Waals surface area contributed by atoms with Crippen LogP contribution in [0.5, 0.6) is 5.75 Å². The molecular weight excluding hydrogens is 251 g/mol. The summed E-state index contributed by atoms with van der Waals surface area (Å²) < 4.78 is 4.84. The van der Waals surface area contributed by atoms with Gasteiger partial charge in [-0.3, -0.25) is 9.59 Å². The zero-order chi connectivity index (χ0) is 12.1. The predicted octanol–water partition coefficient (Wildman–Crippen LogP) is 3.04. The summed E-state index contributed by atoms with van der Waals surface area (Å²) in [5.74, 6) is -0.162. The number of halogens is 2. The van der Waals surface area contributed by atoms with Crippen molar-refractivity contribution < 1.29 is 14.3 Å². The van der Waals surface area contributed by atoms with Crippen LogP contribution in [0.3, 0.4) is 0 Å². The maximum Gasteiger partial charge on any atom is 0.308 e. The van der Waals surface area contributed by atoms with E-state index >= 15 is 0 Å². The fraction of sp³-hybridized carbons (Fsp3) is 0.0909. The molecule has 0 aromatic heterocycles. The number of benzene rings is 1. The van der Waals surface area contributed by atoms with Gasteiger partial charge in [0.1, 0.15) is 5.75 Å². The van der Waals surface area contributed by atoms with Crippen LogP contribution in [0, 0.1) is 0 Å². The van der Waals surface area contributed by atoms with E-state index in [9.17, 15) is 9.59 Å².